The molecule has 29 heteroatoms. The molecule has 2 bridgehead atoms. The number of carbonyl (C=O) groups excluding carboxylic acids is 7. The van der Waals surface area contributed by atoms with Gasteiger partial charge in [0.05, 0.1) is 5.54 Å². The van der Waals surface area contributed by atoms with Crippen molar-refractivity contribution in [2.45, 2.75) is 165 Å². The fourth-order valence-corrected chi connectivity index (χ4v) is 10.8. The van der Waals surface area contributed by atoms with Crippen LogP contribution in [0, 0.1) is 5.41 Å². The monoisotopic (exact) mass is 1310 g/mol. The SMILES string of the molecule is CC12CNCCNCC(NC(=O)CCCC(=O)NC(Cc3ccccc3)C(=O)NC(Cc3ccccc3)C(=O)NC(CCCCNC(=O)CCCCCCC(=O)NCCCCC(NC(=O)NC(CCC(=O)O)C(=O)O)C(=O)O)C(=O)O)(CNCCNC1)CNCCNC2. The van der Waals surface area contributed by atoms with Crippen LogP contribution in [-0.4, -0.2) is 213 Å². The van der Waals surface area contributed by atoms with E-state index in [9.17, 15) is 68.1 Å². The second-order valence-electron chi connectivity index (χ2n) is 24.5. The van der Waals surface area contributed by atoms with E-state index in [-0.39, 0.29) is 100 Å². The Morgan fingerprint density at radius 3 is 1.20 bits per heavy atom. The highest BCUT2D eigenvalue weighted by Gasteiger charge is 2.34. The van der Waals surface area contributed by atoms with Crippen molar-refractivity contribution in [1.82, 2.24) is 74.4 Å². The molecule has 3 aliphatic heterocycles. The maximum atomic E-state index is 14.3. The summed E-state index contributed by atoms with van der Waals surface area (Å²) in [4.78, 5) is 139. The van der Waals surface area contributed by atoms with Crippen LogP contribution in [0.3, 0.4) is 0 Å². The van der Waals surface area contributed by atoms with E-state index in [2.05, 4.69) is 81.4 Å². The predicted molar refractivity (Wildman–Crippen MR) is 347 cm³/mol. The Morgan fingerprint density at radius 1 is 0.398 bits per heavy atom. The van der Waals surface area contributed by atoms with Gasteiger partial charge in [0, 0.05) is 142 Å². The van der Waals surface area contributed by atoms with E-state index in [0.717, 1.165) is 44.8 Å². The molecule has 93 heavy (non-hydrogen) atoms. The minimum absolute atomic E-state index is 0.00571. The molecule has 8 amide bonds. The lowest BCUT2D eigenvalue weighted by Crippen LogP contribution is -2.66. The molecule has 0 aliphatic carbocycles. The van der Waals surface area contributed by atoms with Crippen molar-refractivity contribution in [3.05, 3.63) is 71.8 Å². The summed E-state index contributed by atoms with van der Waals surface area (Å²) in [6.07, 6.45) is 3.84. The number of urea groups is 1. The molecule has 3 fully saturated rings. The van der Waals surface area contributed by atoms with Gasteiger partial charge in [-0.3, -0.25) is 33.6 Å². The minimum Gasteiger partial charge on any atom is -0.481 e. The number of fused-ring (bicyclic) bond motifs is 15. The highest BCUT2D eigenvalue weighted by atomic mass is 16.4. The number of aliphatic carboxylic acids is 4. The van der Waals surface area contributed by atoms with Crippen LogP contribution >= 0.6 is 0 Å². The zero-order valence-electron chi connectivity index (χ0n) is 53.8. The van der Waals surface area contributed by atoms with Crippen molar-refractivity contribution >= 4 is 65.4 Å². The minimum atomic E-state index is -1.52. The molecular formula is C64H102N14O15. The first-order chi connectivity index (χ1) is 44.6. The molecule has 18 N–H and O–H groups in total. The Hall–Kier alpha value is -7.83. The number of carboxylic acid groups (broad SMARTS) is 4. The van der Waals surface area contributed by atoms with Crippen LogP contribution in [0.1, 0.15) is 127 Å². The van der Waals surface area contributed by atoms with E-state index >= 15 is 0 Å². The van der Waals surface area contributed by atoms with E-state index < -0.39 is 89.8 Å². The maximum Gasteiger partial charge on any atom is 0.326 e. The van der Waals surface area contributed by atoms with E-state index in [1.165, 1.54) is 0 Å². The van der Waals surface area contributed by atoms with Crippen LogP contribution in [-0.2, 0) is 60.8 Å². The molecule has 0 spiro atoms. The summed E-state index contributed by atoms with van der Waals surface area (Å²) in [7, 11) is 0. The zero-order valence-corrected chi connectivity index (χ0v) is 53.8. The summed E-state index contributed by atoms with van der Waals surface area (Å²) < 4.78 is 0. The Bertz CT molecular complexity index is 2620. The number of benzene rings is 2. The molecule has 2 aromatic carbocycles. The number of hydrogen-bond acceptors (Lipinski definition) is 17. The van der Waals surface area contributed by atoms with Gasteiger partial charge in [-0.25, -0.2) is 19.2 Å². The van der Waals surface area contributed by atoms with Crippen molar-refractivity contribution in [2.24, 2.45) is 5.41 Å². The Balaban J connectivity index is 1.20. The number of rotatable bonds is 39. The summed E-state index contributed by atoms with van der Waals surface area (Å²) in [5, 5.41) is 80.5. The van der Waals surface area contributed by atoms with Crippen LogP contribution in [0.4, 0.5) is 4.79 Å². The highest BCUT2D eigenvalue weighted by molar-refractivity contribution is 5.94. The average molecular weight is 1310 g/mol. The predicted octanol–water partition coefficient (Wildman–Crippen LogP) is -0.409. The molecule has 5 unspecified atom stereocenters. The summed E-state index contributed by atoms with van der Waals surface area (Å²) in [5.41, 5.74) is 0.788. The first kappa shape index (κ1) is 77.6. The fraction of sp³-hybridized carbons (Fsp3) is 0.641. The normalized spacial score (nSPS) is 18.8. The Kier molecular flexibility index (Phi) is 36.6. The number of unbranched alkanes of at least 4 members (excludes halogenated alkanes) is 5. The third-order valence-electron chi connectivity index (χ3n) is 16.1. The van der Waals surface area contributed by atoms with Crippen molar-refractivity contribution in [1.29, 1.82) is 0 Å². The van der Waals surface area contributed by atoms with Crippen molar-refractivity contribution < 1.29 is 73.2 Å². The van der Waals surface area contributed by atoms with E-state index in [0.29, 0.717) is 96.2 Å². The van der Waals surface area contributed by atoms with Gasteiger partial charge in [0.25, 0.3) is 0 Å². The smallest absolute Gasteiger partial charge is 0.326 e. The number of nitrogens with one attached hydrogen (secondary N) is 14. The van der Waals surface area contributed by atoms with E-state index in [1.54, 1.807) is 42.5 Å². The van der Waals surface area contributed by atoms with Gasteiger partial charge in [0.1, 0.15) is 30.2 Å². The van der Waals surface area contributed by atoms with Crippen LogP contribution in [0.25, 0.3) is 0 Å². The van der Waals surface area contributed by atoms with Gasteiger partial charge >= 0.3 is 29.9 Å². The number of carbonyl (C=O) groups is 11. The molecule has 5 rings (SSSR count). The van der Waals surface area contributed by atoms with Crippen molar-refractivity contribution in [3.63, 3.8) is 0 Å². The molecule has 5 atom stereocenters. The molecule has 0 aromatic heterocycles. The molecule has 0 radical (unpaired) electrons. The second-order valence-corrected chi connectivity index (χ2v) is 24.5. The third kappa shape index (κ3) is 33.5. The van der Waals surface area contributed by atoms with Crippen LogP contribution in [0.5, 0.6) is 0 Å². The first-order valence-corrected chi connectivity index (χ1v) is 32.7. The molecule has 0 saturated carbocycles. The summed E-state index contributed by atoms with van der Waals surface area (Å²) >= 11 is 0. The molecular weight excluding hydrogens is 1200 g/mol. The zero-order chi connectivity index (χ0) is 67.7. The fourth-order valence-electron chi connectivity index (χ4n) is 10.8. The van der Waals surface area contributed by atoms with Gasteiger partial charge in [-0.05, 0) is 75.3 Å². The molecule has 2 aromatic rings. The van der Waals surface area contributed by atoms with Gasteiger partial charge in [-0.15, -0.1) is 0 Å². The van der Waals surface area contributed by atoms with Gasteiger partial charge in [-0.2, -0.15) is 0 Å². The van der Waals surface area contributed by atoms with Gasteiger partial charge in [0.15, 0.2) is 0 Å². The highest BCUT2D eigenvalue weighted by Crippen LogP contribution is 2.15. The largest absolute Gasteiger partial charge is 0.481 e. The van der Waals surface area contributed by atoms with Gasteiger partial charge < -0.3 is 94.9 Å². The van der Waals surface area contributed by atoms with Crippen molar-refractivity contribution in [3.8, 4) is 0 Å². The Labute approximate surface area is 544 Å². The maximum absolute atomic E-state index is 14.3. The summed E-state index contributed by atoms with van der Waals surface area (Å²) in [5.74, 6) is -7.83. The van der Waals surface area contributed by atoms with E-state index in [1.807, 2.05) is 18.2 Å². The van der Waals surface area contributed by atoms with Gasteiger partial charge in [-0.1, -0.05) is 80.4 Å². The summed E-state index contributed by atoms with van der Waals surface area (Å²) in [6.45, 7) is 11.2. The van der Waals surface area contributed by atoms with Crippen LogP contribution in [0.15, 0.2) is 60.7 Å². The summed E-state index contributed by atoms with van der Waals surface area (Å²) in [6, 6.07) is 10.3. The molecule has 518 valence electrons. The van der Waals surface area contributed by atoms with Crippen LogP contribution in [0.2, 0.25) is 0 Å². The quantitative estimate of drug-likeness (QED) is 0.0378. The number of hydrogen-bond donors (Lipinski definition) is 18. The average Bonchev–Trinajstić information content (AvgIpc) is 2.95. The van der Waals surface area contributed by atoms with Gasteiger partial charge in [0.2, 0.25) is 35.4 Å². The standard InChI is InChI=1S/C64H102N14O15/c1-63-39-65-31-34-68-42-64(43-69-35-32-66-40-63,44-70-36-33-67-41-63)78-55(82)26-16-25-54(81)73-50(37-45-17-6-4-7-18-45)57(85)75-51(38-46-19-8-5-9-20-46)58(86)74-47(59(87)88)21-12-14-29-71-52(79)23-10-2-3-11-24-53(80)72-30-15-13-22-48(60(89)90)76-62(93)77-49(61(91)92)27-28-56(83)84/h4-9,17-20,47-51,65-70H,2-3,10-16,21-44H2,1H3,(H,71,79)(H,72,80)(H,73,81)(H,74,86)(H,75,85)(H,78,82)(H,83,84)(H,87,88)(H,89,90)(H,91,92)(H2,76,77,93). The lowest BCUT2D eigenvalue weighted by atomic mass is 9.90. The second kappa shape index (κ2) is 43.9. The molecule has 3 heterocycles. The van der Waals surface area contributed by atoms with Crippen LogP contribution < -0.4 is 74.4 Å². The Morgan fingerprint density at radius 2 is 0.774 bits per heavy atom. The lowest BCUT2D eigenvalue weighted by Gasteiger charge is -2.37. The molecule has 29 nitrogen and oxygen atoms in total. The van der Waals surface area contributed by atoms with Crippen molar-refractivity contribution in [2.75, 3.05) is 91.6 Å². The molecule has 3 saturated heterocycles. The third-order valence-corrected chi connectivity index (χ3v) is 16.1. The topological polar surface area (TPSA) is 437 Å². The first-order valence-electron chi connectivity index (χ1n) is 32.7. The van der Waals surface area contributed by atoms with E-state index in [4.69, 9.17) is 5.11 Å². The molecule has 3 aliphatic rings. The number of amides is 8. The lowest BCUT2D eigenvalue weighted by molar-refractivity contribution is -0.143. The number of carboxylic acids is 4.